The summed E-state index contributed by atoms with van der Waals surface area (Å²) in [5.41, 5.74) is 0. The number of hydrogen-bond acceptors (Lipinski definition) is 3. The summed E-state index contributed by atoms with van der Waals surface area (Å²) < 4.78 is 2.16. The van der Waals surface area contributed by atoms with Gasteiger partial charge in [0, 0.05) is 44.6 Å². The molecule has 4 nitrogen and oxygen atoms in total. The first-order chi connectivity index (χ1) is 8.74. The molecule has 1 aromatic heterocycles. The molecular weight excluding hydrogens is 224 g/mol. The van der Waals surface area contributed by atoms with Gasteiger partial charge in [0.25, 0.3) is 0 Å². The zero-order chi connectivity index (χ0) is 12.8. The molecule has 1 fully saturated rings. The largest absolute Gasteiger partial charge is 0.336 e. The second-order valence-electron chi connectivity index (χ2n) is 5.75. The van der Waals surface area contributed by atoms with Gasteiger partial charge >= 0.3 is 0 Å². The summed E-state index contributed by atoms with van der Waals surface area (Å²) in [5, 5.41) is 3.59. The molecule has 2 rings (SSSR count). The van der Waals surface area contributed by atoms with Crippen LogP contribution in [0.5, 0.6) is 0 Å². The van der Waals surface area contributed by atoms with Crippen LogP contribution in [0.2, 0.25) is 0 Å². The molecule has 1 atom stereocenters. The molecule has 1 aliphatic heterocycles. The molecule has 0 saturated carbocycles. The average Bonchev–Trinajstić information content (AvgIpc) is 2.97. The molecule has 0 bridgehead atoms. The van der Waals surface area contributed by atoms with E-state index in [1.165, 1.54) is 32.5 Å². The lowest BCUT2D eigenvalue weighted by molar-refractivity contribution is 0.216. The zero-order valence-corrected chi connectivity index (χ0v) is 11.7. The summed E-state index contributed by atoms with van der Waals surface area (Å²) >= 11 is 0. The van der Waals surface area contributed by atoms with Crippen LogP contribution in [0.25, 0.3) is 0 Å². The molecule has 1 aliphatic rings. The maximum Gasteiger partial charge on any atom is 0.0946 e. The molecule has 0 aliphatic carbocycles. The monoisotopic (exact) mass is 250 g/mol. The molecule has 2 heterocycles. The molecule has 1 saturated heterocycles. The van der Waals surface area contributed by atoms with E-state index in [1.807, 2.05) is 18.7 Å². The Bertz CT molecular complexity index is 315. The third-order valence-corrected chi connectivity index (χ3v) is 3.50. The highest BCUT2D eigenvalue weighted by Crippen LogP contribution is 2.09. The number of aromatic nitrogens is 2. The van der Waals surface area contributed by atoms with Gasteiger partial charge in [-0.05, 0) is 25.3 Å². The van der Waals surface area contributed by atoms with Crippen molar-refractivity contribution in [3.8, 4) is 0 Å². The van der Waals surface area contributed by atoms with Crippen molar-refractivity contribution in [3.05, 3.63) is 18.7 Å². The number of imidazole rings is 1. The van der Waals surface area contributed by atoms with Crippen LogP contribution in [0, 0.1) is 5.92 Å². The average molecular weight is 250 g/mol. The van der Waals surface area contributed by atoms with E-state index >= 15 is 0 Å². The fourth-order valence-corrected chi connectivity index (χ4v) is 2.67. The first-order valence-corrected chi connectivity index (χ1v) is 7.15. The lowest BCUT2D eigenvalue weighted by Gasteiger charge is -2.27. The molecule has 0 aromatic carbocycles. The number of nitrogens with zero attached hydrogens (tertiary/aromatic N) is 3. The van der Waals surface area contributed by atoms with Crippen LogP contribution in [0.1, 0.15) is 26.7 Å². The Balaban J connectivity index is 1.79. The highest BCUT2D eigenvalue weighted by molar-refractivity contribution is 4.79. The molecule has 18 heavy (non-hydrogen) atoms. The summed E-state index contributed by atoms with van der Waals surface area (Å²) in [6.45, 7) is 10.3. The van der Waals surface area contributed by atoms with Crippen molar-refractivity contribution in [1.29, 1.82) is 0 Å². The Kier molecular flexibility index (Phi) is 5.20. The van der Waals surface area contributed by atoms with E-state index in [2.05, 4.69) is 33.6 Å². The molecular formula is C14H26N4. The predicted octanol–water partition coefficient (Wildman–Crippen LogP) is 1.59. The minimum atomic E-state index is 0.700. The van der Waals surface area contributed by atoms with E-state index in [-0.39, 0.29) is 0 Å². The van der Waals surface area contributed by atoms with Crippen LogP contribution in [-0.4, -0.2) is 46.7 Å². The summed E-state index contributed by atoms with van der Waals surface area (Å²) in [4.78, 5) is 6.69. The van der Waals surface area contributed by atoms with Gasteiger partial charge in [-0.1, -0.05) is 13.8 Å². The Hall–Kier alpha value is -0.870. The van der Waals surface area contributed by atoms with Gasteiger partial charge in [0.2, 0.25) is 0 Å². The molecule has 1 N–H and O–H groups in total. The van der Waals surface area contributed by atoms with Gasteiger partial charge in [-0.2, -0.15) is 0 Å². The van der Waals surface area contributed by atoms with Gasteiger partial charge in [-0.3, -0.25) is 4.90 Å². The second kappa shape index (κ2) is 6.90. The summed E-state index contributed by atoms with van der Waals surface area (Å²) in [7, 11) is 0. The van der Waals surface area contributed by atoms with Crippen LogP contribution < -0.4 is 5.32 Å². The van der Waals surface area contributed by atoms with Crippen LogP contribution in [0.3, 0.4) is 0 Å². The predicted molar refractivity (Wildman–Crippen MR) is 74.5 cm³/mol. The normalized spacial score (nSPS) is 20.1. The van der Waals surface area contributed by atoms with E-state index in [0.29, 0.717) is 6.04 Å². The second-order valence-corrected chi connectivity index (χ2v) is 5.75. The third kappa shape index (κ3) is 4.42. The van der Waals surface area contributed by atoms with Gasteiger partial charge in [0.1, 0.15) is 0 Å². The first-order valence-electron chi connectivity index (χ1n) is 7.15. The highest BCUT2D eigenvalue weighted by Gasteiger charge is 2.18. The SMILES string of the molecule is CC(C)CN(CCn1ccnc1)CC1CCCN1. The Morgan fingerprint density at radius 2 is 2.39 bits per heavy atom. The van der Waals surface area contributed by atoms with Crippen molar-refractivity contribution < 1.29 is 0 Å². The molecule has 1 aromatic rings. The molecule has 4 heteroatoms. The van der Waals surface area contributed by atoms with Gasteiger partial charge in [-0.15, -0.1) is 0 Å². The minimum absolute atomic E-state index is 0.700. The number of nitrogens with one attached hydrogen (secondary N) is 1. The lowest BCUT2D eigenvalue weighted by atomic mass is 10.1. The summed E-state index contributed by atoms with van der Waals surface area (Å²) in [6.07, 6.45) is 8.47. The Morgan fingerprint density at radius 3 is 3.00 bits per heavy atom. The smallest absolute Gasteiger partial charge is 0.0946 e. The first kappa shape index (κ1) is 13.6. The van der Waals surface area contributed by atoms with E-state index in [0.717, 1.165) is 19.0 Å². The Labute approximate surface area is 110 Å². The van der Waals surface area contributed by atoms with Gasteiger partial charge in [-0.25, -0.2) is 4.98 Å². The van der Waals surface area contributed by atoms with Crippen molar-refractivity contribution in [2.45, 2.75) is 39.3 Å². The van der Waals surface area contributed by atoms with Crippen LogP contribution in [-0.2, 0) is 6.54 Å². The van der Waals surface area contributed by atoms with Crippen molar-refractivity contribution in [3.63, 3.8) is 0 Å². The zero-order valence-electron chi connectivity index (χ0n) is 11.7. The van der Waals surface area contributed by atoms with Gasteiger partial charge in [0.05, 0.1) is 6.33 Å². The van der Waals surface area contributed by atoms with Crippen LogP contribution >= 0.6 is 0 Å². The topological polar surface area (TPSA) is 33.1 Å². The molecule has 0 spiro atoms. The van der Waals surface area contributed by atoms with E-state index in [1.54, 1.807) is 0 Å². The van der Waals surface area contributed by atoms with E-state index in [4.69, 9.17) is 0 Å². The quantitative estimate of drug-likeness (QED) is 0.798. The third-order valence-electron chi connectivity index (χ3n) is 3.50. The van der Waals surface area contributed by atoms with Gasteiger partial charge in [0.15, 0.2) is 0 Å². The summed E-state index contributed by atoms with van der Waals surface area (Å²) in [6, 6.07) is 0.700. The maximum atomic E-state index is 4.10. The van der Waals surface area contributed by atoms with E-state index < -0.39 is 0 Å². The minimum Gasteiger partial charge on any atom is -0.336 e. The number of rotatable bonds is 7. The fraction of sp³-hybridized carbons (Fsp3) is 0.786. The van der Waals surface area contributed by atoms with Crippen molar-refractivity contribution in [2.75, 3.05) is 26.2 Å². The molecule has 1 unspecified atom stereocenters. The molecule has 0 radical (unpaired) electrons. The highest BCUT2D eigenvalue weighted by atomic mass is 15.2. The van der Waals surface area contributed by atoms with E-state index in [9.17, 15) is 0 Å². The molecule has 102 valence electrons. The molecule has 0 amide bonds. The lowest BCUT2D eigenvalue weighted by Crippen LogP contribution is -2.40. The standard InChI is InChI=1S/C14H26N4/c1-13(2)10-18(11-14-4-3-5-16-14)9-8-17-7-6-15-12-17/h6-7,12-14,16H,3-5,8-11H2,1-2H3. The van der Waals surface area contributed by atoms with Crippen molar-refractivity contribution in [2.24, 2.45) is 5.92 Å². The van der Waals surface area contributed by atoms with Crippen molar-refractivity contribution >= 4 is 0 Å². The van der Waals surface area contributed by atoms with Crippen LogP contribution in [0.15, 0.2) is 18.7 Å². The maximum absolute atomic E-state index is 4.10. The van der Waals surface area contributed by atoms with Gasteiger partial charge < -0.3 is 9.88 Å². The fourth-order valence-electron chi connectivity index (χ4n) is 2.67. The van der Waals surface area contributed by atoms with Crippen LogP contribution in [0.4, 0.5) is 0 Å². The van der Waals surface area contributed by atoms with Crippen molar-refractivity contribution in [1.82, 2.24) is 19.8 Å². The number of hydrogen-bond donors (Lipinski definition) is 1. The Morgan fingerprint density at radius 1 is 1.50 bits per heavy atom. The summed E-state index contributed by atoms with van der Waals surface area (Å²) in [5.74, 6) is 0.731.